The summed E-state index contributed by atoms with van der Waals surface area (Å²) in [5.41, 5.74) is 7.25. The summed E-state index contributed by atoms with van der Waals surface area (Å²) >= 11 is 0. The largest absolute Gasteiger partial charge is 0.326 e. The second-order valence-corrected chi connectivity index (χ2v) is 7.20. The van der Waals surface area contributed by atoms with Gasteiger partial charge in [0.2, 0.25) is 10.0 Å². The van der Waals surface area contributed by atoms with Crippen molar-refractivity contribution in [1.82, 2.24) is 4.72 Å². The van der Waals surface area contributed by atoms with Gasteiger partial charge in [0.15, 0.2) is 0 Å². The van der Waals surface area contributed by atoms with Crippen LogP contribution in [0.4, 0.5) is 0 Å². The minimum Gasteiger partial charge on any atom is -0.326 e. The monoisotopic (exact) mass is 312 g/mol. The Kier molecular flexibility index (Phi) is 7.93. The minimum atomic E-state index is -3.40. The van der Waals surface area contributed by atoms with Gasteiger partial charge < -0.3 is 5.73 Å². The molecule has 0 heterocycles. The Labute approximate surface area is 129 Å². The first-order valence-electron chi connectivity index (χ1n) is 7.80. The molecular weight excluding hydrogens is 284 g/mol. The number of hydrogen-bond acceptors (Lipinski definition) is 3. The molecule has 0 atom stereocenters. The molecule has 0 aliphatic heterocycles. The van der Waals surface area contributed by atoms with Crippen molar-refractivity contribution in [3.63, 3.8) is 0 Å². The molecular formula is C16H28N2O2S. The van der Waals surface area contributed by atoms with Crippen LogP contribution in [0.25, 0.3) is 0 Å². The van der Waals surface area contributed by atoms with Crippen molar-refractivity contribution in [3.8, 4) is 0 Å². The van der Waals surface area contributed by atoms with Crippen molar-refractivity contribution >= 4 is 10.0 Å². The number of nitrogens with one attached hydrogen (secondary N) is 1. The SMILES string of the molecule is CCCCCCCCNS(=O)(=O)c1ccc(CN)cc1C. The second kappa shape index (κ2) is 9.18. The van der Waals surface area contributed by atoms with Crippen molar-refractivity contribution in [3.05, 3.63) is 29.3 Å². The number of rotatable bonds is 10. The van der Waals surface area contributed by atoms with Gasteiger partial charge in [-0.15, -0.1) is 0 Å². The first-order valence-corrected chi connectivity index (χ1v) is 9.29. The Morgan fingerprint density at radius 3 is 2.38 bits per heavy atom. The summed E-state index contributed by atoms with van der Waals surface area (Å²) in [5.74, 6) is 0. The molecule has 1 aromatic carbocycles. The summed E-state index contributed by atoms with van der Waals surface area (Å²) in [5, 5.41) is 0. The Morgan fingerprint density at radius 2 is 1.76 bits per heavy atom. The molecule has 120 valence electrons. The Bertz CT molecular complexity index is 527. The average molecular weight is 312 g/mol. The molecule has 21 heavy (non-hydrogen) atoms. The summed E-state index contributed by atoms with van der Waals surface area (Å²) < 4.78 is 27.2. The molecule has 3 N–H and O–H groups in total. The lowest BCUT2D eigenvalue weighted by molar-refractivity contribution is 0.567. The van der Waals surface area contributed by atoms with E-state index in [2.05, 4.69) is 11.6 Å². The van der Waals surface area contributed by atoms with Gasteiger partial charge in [-0.1, -0.05) is 51.2 Å². The average Bonchev–Trinajstić information content (AvgIpc) is 2.45. The minimum absolute atomic E-state index is 0.352. The van der Waals surface area contributed by atoms with Crippen LogP contribution in [0.3, 0.4) is 0 Å². The van der Waals surface area contributed by atoms with Gasteiger partial charge >= 0.3 is 0 Å². The molecule has 0 aliphatic rings. The van der Waals surface area contributed by atoms with Gasteiger partial charge in [0, 0.05) is 13.1 Å². The van der Waals surface area contributed by atoms with Crippen molar-refractivity contribution in [2.24, 2.45) is 5.73 Å². The molecule has 0 bridgehead atoms. The van der Waals surface area contributed by atoms with Gasteiger partial charge in [0.05, 0.1) is 4.90 Å². The predicted molar refractivity (Wildman–Crippen MR) is 87.6 cm³/mol. The number of benzene rings is 1. The van der Waals surface area contributed by atoms with Crippen molar-refractivity contribution in [2.75, 3.05) is 6.54 Å². The fourth-order valence-electron chi connectivity index (χ4n) is 2.33. The lowest BCUT2D eigenvalue weighted by Gasteiger charge is -2.10. The molecule has 0 amide bonds. The van der Waals surface area contributed by atoms with E-state index < -0.39 is 10.0 Å². The fourth-order valence-corrected chi connectivity index (χ4v) is 3.63. The van der Waals surface area contributed by atoms with E-state index >= 15 is 0 Å². The van der Waals surface area contributed by atoms with Crippen LogP contribution in [-0.4, -0.2) is 15.0 Å². The van der Waals surface area contributed by atoms with E-state index in [1.165, 1.54) is 25.7 Å². The molecule has 0 radical (unpaired) electrons. The van der Waals surface area contributed by atoms with Crippen LogP contribution in [-0.2, 0) is 16.6 Å². The Hall–Kier alpha value is -0.910. The zero-order valence-corrected chi connectivity index (χ0v) is 14.0. The number of hydrogen-bond donors (Lipinski definition) is 2. The van der Waals surface area contributed by atoms with E-state index in [1.807, 2.05) is 6.07 Å². The second-order valence-electron chi connectivity index (χ2n) is 5.47. The van der Waals surface area contributed by atoms with Crippen LogP contribution >= 0.6 is 0 Å². The molecule has 1 aromatic rings. The standard InChI is InChI=1S/C16H28N2O2S/c1-3-4-5-6-7-8-11-18-21(19,20)16-10-9-15(13-17)12-14(16)2/h9-10,12,18H,3-8,11,13,17H2,1-2H3. The Morgan fingerprint density at radius 1 is 1.10 bits per heavy atom. The van der Waals surface area contributed by atoms with Crippen molar-refractivity contribution in [1.29, 1.82) is 0 Å². The maximum atomic E-state index is 12.2. The summed E-state index contributed by atoms with van der Waals surface area (Å²) in [6, 6.07) is 5.24. The quantitative estimate of drug-likeness (QED) is 0.652. The molecule has 0 spiro atoms. The van der Waals surface area contributed by atoms with Crippen LogP contribution in [0.5, 0.6) is 0 Å². The van der Waals surface area contributed by atoms with Gasteiger partial charge in [-0.25, -0.2) is 13.1 Å². The highest BCUT2D eigenvalue weighted by Crippen LogP contribution is 2.16. The van der Waals surface area contributed by atoms with Crippen LogP contribution in [0, 0.1) is 6.92 Å². The molecule has 0 unspecified atom stereocenters. The fraction of sp³-hybridized carbons (Fsp3) is 0.625. The van der Waals surface area contributed by atoms with Crippen LogP contribution in [0.2, 0.25) is 0 Å². The maximum Gasteiger partial charge on any atom is 0.240 e. The molecule has 0 fully saturated rings. The zero-order chi connectivity index (χ0) is 15.7. The highest BCUT2D eigenvalue weighted by Gasteiger charge is 2.15. The summed E-state index contributed by atoms with van der Waals surface area (Å²) in [4.78, 5) is 0.352. The number of aryl methyl sites for hydroxylation is 1. The topological polar surface area (TPSA) is 72.2 Å². The van der Waals surface area contributed by atoms with E-state index in [0.717, 1.165) is 24.0 Å². The number of nitrogens with two attached hydrogens (primary N) is 1. The molecule has 0 saturated carbocycles. The normalized spacial score (nSPS) is 11.8. The van der Waals surface area contributed by atoms with Gasteiger partial charge in [0.1, 0.15) is 0 Å². The molecule has 4 nitrogen and oxygen atoms in total. The van der Waals surface area contributed by atoms with Gasteiger partial charge in [-0.05, 0) is 30.5 Å². The highest BCUT2D eigenvalue weighted by molar-refractivity contribution is 7.89. The molecule has 0 saturated heterocycles. The Balaban J connectivity index is 2.46. The van der Waals surface area contributed by atoms with E-state index in [4.69, 9.17) is 5.73 Å². The van der Waals surface area contributed by atoms with E-state index in [1.54, 1.807) is 19.1 Å². The van der Waals surface area contributed by atoms with Crippen molar-refractivity contribution in [2.45, 2.75) is 63.8 Å². The number of sulfonamides is 1. The maximum absolute atomic E-state index is 12.2. The summed E-state index contributed by atoms with van der Waals surface area (Å²) in [6.45, 7) is 4.92. The smallest absolute Gasteiger partial charge is 0.240 e. The van der Waals surface area contributed by atoms with E-state index in [-0.39, 0.29) is 0 Å². The number of unbranched alkanes of at least 4 members (excludes halogenated alkanes) is 5. The van der Waals surface area contributed by atoms with E-state index in [0.29, 0.717) is 18.0 Å². The first-order chi connectivity index (χ1) is 10.0. The van der Waals surface area contributed by atoms with E-state index in [9.17, 15) is 8.42 Å². The first kappa shape index (κ1) is 18.1. The van der Waals surface area contributed by atoms with Gasteiger partial charge in [0.25, 0.3) is 0 Å². The van der Waals surface area contributed by atoms with Crippen molar-refractivity contribution < 1.29 is 8.42 Å². The third kappa shape index (κ3) is 6.16. The van der Waals surface area contributed by atoms with Crippen LogP contribution in [0.15, 0.2) is 23.1 Å². The summed E-state index contributed by atoms with van der Waals surface area (Å²) in [7, 11) is -3.40. The van der Waals surface area contributed by atoms with Gasteiger partial charge in [-0.2, -0.15) is 0 Å². The van der Waals surface area contributed by atoms with Crippen LogP contribution < -0.4 is 10.5 Å². The molecule has 0 aliphatic carbocycles. The summed E-state index contributed by atoms with van der Waals surface area (Å²) in [6.07, 6.45) is 6.88. The molecule has 5 heteroatoms. The lowest BCUT2D eigenvalue weighted by Crippen LogP contribution is -2.25. The third-order valence-electron chi connectivity index (χ3n) is 3.59. The van der Waals surface area contributed by atoms with Gasteiger partial charge in [-0.3, -0.25) is 0 Å². The highest BCUT2D eigenvalue weighted by atomic mass is 32.2. The van der Waals surface area contributed by atoms with Crippen LogP contribution in [0.1, 0.15) is 56.6 Å². The molecule has 1 rings (SSSR count). The lowest BCUT2D eigenvalue weighted by atomic mass is 10.1. The third-order valence-corrected chi connectivity index (χ3v) is 5.21. The zero-order valence-electron chi connectivity index (χ0n) is 13.2. The molecule has 0 aromatic heterocycles. The predicted octanol–water partition coefficient (Wildman–Crippen LogP) is 3.09.